The molecule has 2 atom stereocenters. The fraction of sp³-hybridized carbons (Fsp3) is 0.565. The van der Waals surface area contributed by atoms with Crippen LogP contribution in [0.4, 0.5) is 5.69 Å². The Kier molecular flexibility index (Phi) is 7.69. The Morgan fingerprint density at radius 2 is 1.66 bits per heavy atom. The Morgan fingerprint density at radius 3 is 2.28 bits per heavy atom. The molecule has 0 spiro atoms. The molecule has 0 radical (unpaired) electrons. The minimum Gasteiger partial charge on any atom is -0.452 e. The van der Waals surface area contributed by atoms with Crippen molar-refractivity contribution in [1.29, 1.82) is 0 Å². The normalized spacial score (nSPS) is 23.1. The lowest BCUT2D eigenvalue weighted by Gasteiger charge is -2.35. The summed E-state index contributed by atoms with van der Waals surface area (Å²) in [6.07, 6.45) is 8.20. The number of hydrogen-bond acceptors (Lipinski definition) is 5. The van der Waals surface area contributed by atoms with Crippen LogP contribution in [0.2, 0.25) is 0 Å². The van der Waals surface area contributed by atoms with E-state index in [9.17, 15) is 9.59 Å². The topological polar surface area (TPSA) is 59.1 Å². The van der Waals surface area contributed by atoms with Crippen molar-refractivity contribution in [1.82, 2.24) is 4.90 Å². The van der Waals surface area contributed by atoms with Crippen LogP contribution in [-0.4, -0.2) is 61.8 Å². The molecule has 1 aromatic rings. The zero-order valence-electron chi connectivity index (χ0n) is 17.5. The van der Waals surface area contributed by atoms with Gasteiger partial charge < -0.3 is 19.3 Å². The summed E-state index contributed by atoms with van der Waals surface area (Å²) in [6.45, 7) is 6.90. The first-order chi connectivity index (χ1) is 14.0. The number of morpholine rings is 1. The number of benzene rings is 1. The molecule has 158 valence electrons. The second kappa shape index (κ2) is 10.4. The maximum Gasteiger partial charge on any atom is 0.331 e. The van der Waals surface area contributed by atoms with E-state index in [1.165, 1.54) is 37.4 Å². The van der Waals surface area contributed by atoms with Crippen molar-refractivity contribution < 1.29 is 19.1 Å². The summed E-state index contributed by atoms with van der Waals surface area (Å²) < 4.78 is 10.7. The predicted octanol–water partition coefficient (Wildman–Crippen LogP) is 3.26. The zero-order chi connectivity index (χ0) is 20.6. The van der Waals surface area contributed by atoms with Gasteiger partial charge in [-0.3, -0.25) is 4.79 Å². The summed E-state index contributed by atoms with van der Waals surface area (Å²) >= 11 is 0. The van der Waals surface area contributed by atoms with Crippen LogP contribution >= 0.6 is 0 Å². The summed E-state index contributed by atoms with van der Waals surface area (Å²) in [6, 6.07) is 8.21. The van der Waals surface area contributed by atoms with E-state index in [1.54, 1.807) is 11.0 Å². The molecule has 0 saturated carbocycles. The number of esters is 1. The van der Waals surface area contributed by atoms with Crippen LogP contribution in [0.15, 0.2) is 30.3 Å². The molecule has 3 rings (SSSR count). The number of carbonyl (C=O) groups excluding carboxylic acids is 2. The first-order valence-corrected chi connectivity index (χ1v) is 10.6. The summed E-state index contributed by atoms with van der Waals surface area (Å²) in [5.41, 5.74) is 2.16. The lowest BCUT2D eigenvalue weighted by atomic mass is 10.1. The van der Waals surface area contributed by atoms with Crippen molar-refractivity contribution in [3.05, 3.63) is 35.9 Å². The van der Waals surface area contributed by atoms with E-state index >= 15 is 0 Å². The summed E-state index contributed by atoms with van der Waals surface area (Å²) in [5, 5.41) is 0. The molecule has 6 heteroatoms. The number of hydrogen-bond donors (Lipinski definition) is 0. The van der Waals surface area contributed by atoms with Crippen LogP contribution < -0.4 is 4.90 Å². The van der Waals surface area contributed by atoms with Crippen LogP contribution in [0, 0.1) is 0 Å². The second-order valence-corrected chi connectivity index (χ2v) is 7.99. The van der Waals surface area contributed by atoms with Crippen molar-refractivity contribution >= 4 is 23.6 Å². The minimum absolute atomic E-state index is 0.00409. The van der Waals surface area contributed by atoms with E-state index in [1.807, 2.05) is 26.0 Å². The van der Waals surface area contributed by atoms with E-state index in [4.69, 9.17) is 9.47 Å². The molecule has 1 aromatic carbocycles. The van der Waals surface area contributed by atoms with Gasteiger partial charge in [-0.2, -0.15) is 0 Å². The van der Waals surface area contributed by atoms with Crippen molar-refractivity contribution in [2.24, 2.45) is 0 Å². The Bertz CT molecular complexity index is 698. The first-order valence-electron chi connectivity index (χ1n) is 10.6. The molecule has 29 heavy (non-hydrogen) atoms. The highest BCUT2D eigenvalue weighted by Crippen LogP contribution is 2.20. The minimum atomic E-state index is -0.510. The number of ether oxygens (including phenoxy) is 2. The van der Waals surface area contributed by atoms with Crippen molar-refractivity contribution in [3.8, 4) is 0 Å². The van der Waals surface area contributed by atoms with Gasteiger partial charge in [-0.1, -0.05) is 25.0 Å². The third-order valence-corrected chi connectivity index (χ3v) is 5.39. The smallest absolute Gasteiger partial charge is 0.331 e. The molecular formula is C23H32N2O4. The van der Waals surface area contributed by atoms with Gasteiger partial charge in [-0.05, 0) is 50.5 Å². The van der Waals surface area contributed by atoms with Gasteiger partial charge in [-0.15, -0.1) is 0 Å². The van der Waals surface area contributed by atoms with Crippen LogP contribution in [0.25, 0.3) is 6.08 Å². The average molecular weight is 401 g/mol. The Labute approximate surface area is 173 Å². The van der Waals surface area contributed by atoms with Crippen LogP contribution in [-0.2, 0) is 19.1 Å². The Balaban J connectivity index is 1.45. The quantitative estimate of drug-likeness (QED) is 0.561. The Morgan fingerprint density at radius 1 is 1.03 bits per heavy atom. The SMILES string of the molecule is C[C@H]1CN(C(=O)COC(=O)/C=C/c2ccc(N3CCCCCC3)cc2)C[C@H](C)O1. The molecule has 2 aliphatic rings. The van der Waals surface area contributed by atoms with E-state index in [0.717, 1.165) is 18.7 Å². The van der Waals surface area contributed by atoms with E-state index < -0.39 is 5.97 Å². The molecule has 0 N–H and O–H groups in total. The molecular weight excluding hydrogens is 368 g/mol. The number of carbonyl (C=O) groups is 2. The van der Waals surface area contributed by atoms with Gasteiger partial charge in [0.1, 0.15) is 0 Å². The molecule has 2 heterocycles. The lowest BCUT2D eigenvalue weighted by molar-refractivity contribution is -0.154. The van der Waals surface area contributed by atoms with Gasteiger partial charge in [0.15, 0.2) is 6.61 Å². The predicted molar refractivity (Wildman–Crippen MR) is 114 cm³/mol. The molecule has 0 aromatic heterocycles. The van der Waals surface area contributed by atoms with Gasteiger partial charge in [-0.25, -0.2) is 4.79 Å². The molecule has 2 aliphatic heterocycles. The standard InChI is InChI=1S/C23H32N2O4/c1-18-15-25(16-19(2)29-18)22(26)17-28-23(27)12-9-20-7-10-21(11-8-20)24-13-5-3-4-6-14-24/h7-12,18-19H,3-6,13-17H2,1-2H3/b12-9+/t18-,19-/m0/s1. The number of anilines is 1. The Hall–Kier alpha value is -2.34. The van der Waals surface area contributed by atoms with Gasteiger partial charge >= 0.3 is 5.97 Å². The van der Waals surface area contributed by atoms with E-state index in [-0.39, 0.29) is 24.7 Å². The highest BCUT2D eigenvalue weighted by atomic mass is 16.5. The highest BCUT2D eigenvalue weighted by Gasteiger charge is 2.26. The van der Waals surface area contributed by atoms with Crippen molar-refractivity contribution in [2.75, 3.05) is 37.7 Å². The van der Waals surface area contributed by atoms with Crippen LogP contribution in [0.3, 0.4) is 0 Å². The molecule has 2 fully saturated rings. The third kappa shape index (κ3) is 6.60. The fourth-order valence-electron chi connectivity index (χ4n) is 3.94. The number of amides is 1. The molecule has 1 amide bonds. The second-order valence-electron chi connectivity index (χ2n) is 7.99. The lowest BCUT2D eigenvalue weighted by Crippen LogP contribution is -2.49. The highest BCUT2D eigenvalue weighted by molar-refractivity contribution is 5.89. The van der Waals surface area contributed by atoms with Crippen LogP contribution in [0.5, 0.6) is 0 Å². The largest absolute Gasteiger partial charge is 0.452 e. The number of nitrogens with zero attached hydrogens (tertiary/aromatic N) is 2. The zero-order valence-corrected chi connectivity index (χ0v) is 17.5. The number of rotatable bonds is 5. The maximum absolute atomic E-state index is 12.2. The van der Waals surface area contributed by atoms with E-state index in [0.29, 0.717) is 13.1 Å². The van der Waals surface area contributed by atoms with Crippen molar-refractivity contribution in [3.63, 3.8) is 0 Å². The first kappa shape index (κ1) is 21.4. The molecule has 0 aliphatic carbocycles. The molecule has 0 bridgehead atoms. The maximum atomic E-state index is 12.2. The van der Waals surface area contributed by atoms with Crippen LogP contribution in [0.1, 0.15) is 45.1 Å². The van der Waals surface area contributed by atoms with Gasteiger partial charge in [0.2, 0.25) is 0 Å². The summed E-state index contributed by atoms with van der Waals surface area (Å²) in [4.78, 5) is 28.3. The fourth-order valence-corrected chi connectivity index (χ4v) is 3.94. The monoisotopic (exact) mass is 400 g/mol. The van der Waals surface area contributed by atoms with E-state index in [2.05, 4.69) is 17.0 Å². The van der Waals surface area contributed by atoms with Gasteiger partial charge in [0.25, 0.3) is 5.91 Å². The third-order valence-electron chi connectivity index (χ3n) is 5.39. The van der Waals surface area contributed by atoms with Gasteiger partial charge in [0, 0.05) is 37.9 Å². The van der Waals surface area contributed by atoms with Crippen molar-refractivity contribution in [2.45, 2.75) is 51.7 Å². The summed E-state index contributed by atoms with van der Waals surface area (Å²) in [7, 11) is 0. The molecule has 2 saturated heterocycles. The average Bonchev–Trinajstić information content (AvgIpc) is 2.99. The molecule has 6 nitrogen and oxygen atoms in total. The summed E-state index contributed by atoms with van der Waals surface area (Å²) in [5.74, 6) is -0.695. The molecule has 0 unspecified atom stereocenters. The van der Waals surface area contributed by atoms with Gasteiger partial charge in [0.05, 0.1) is 12.2 Å².